The topological polar surface area (TPSA) is 360 Å². The summed E-state index contributed by atoms with van der Waals surface area (Å²) in [6.45, 7) is 6.05. The molecule has 26 heteroatoms. The number of imide groups is 1. The molecule has 80 heavy (non-hydrogen) atoms. The number of esters is 1. The number of primary amides is 1. The van der Waals surface area contributed by atoms with Crippen LogP contribution in [0, 0.1) is 5.92 Å². The lowest BCUT2D eigenvalue weighted by molar-refractivity contribution is -0.143. The molecule has 1 saturated heterocycles. The van der Waals surface area contributed by atoms with Crippen molar-refractivity contribution in [3.63, 3.8) is 0 Å². The summed E-state index contributed by atoms with van der Waals surface area (Å²) in [5.74, 6) is -3.59. The van der Waals surface area contributed by atoms with Crippen LogP contribution in [0.1, 0.15) is 74.8 Å². The van der Waals surface area contributed by atoms with Crippen LogP contribution < -0.4 is 53.0 Å². The molecule has 26 nitrogen and oxygen atoms in total. The van der Waals surface area contributed by atoms with Gasteiger partial charge in [-0.3, -0.25) is 38.7 Å². The molecular weight excluding hydrogens is 1040 g/mol. The average Bonchev–Trinajstić information content (AvgIpc) is 3.77. The molecule has 10 N–H and O–H groups in total. The first kappa shape index (κ1) is 60.0. The molecule has 0 saturated carbocycles. The molecule has 0 spiro atoms. The predicted molar refractivity (Wildman–Crippen MR) is 291 cm³/mol. The molecule has 2 aromatic heterocycles. The highest BCUT2D eigenvalue weighted by Gasteiger charge is 2.30. The monoisotopic (exact) mass is 1110 g/mol. The second-order valence-electron chi connectivity index (χ2n) is 18.8. The number of carbonyl (C=O) groups excluding carboxylic acids is 9. The number of hydrogen-bond acceptors (Lipinski definition) is 18. The summed E-state index contributed by atoms with van der Waals surface area (Å²) < 4.78 is 21.6. The molecule has 9 amide bonds. The SMILES string of the molecule is COC(=O)[C@@H](CCOc1ccc(-c2cnc(N)c(C(=O)Nc3cnccc3N3CCOCC3)n2)cc1)NC(=O)OCc1ccc(NC(=O)[C@H](CCCNC(N)=O)NC(=O)C(NC(=O)CCCCCN2C(=O)C=CC2=O)C(C)C)cc1. The first-order valence-electron chi connectivity index (χ1n) is 26.0. The maximum atomic E-state index is 13.6. The minimum absolute atomic E-state index is 0.00851. The number of unbranched alkanes of at least 4 members (excludes halogenated alkanes) is 2. The number of ether oxygens (including phenoxy) is 4. The largest absolute Gasteiger partial charge is 0.494 e. The number of anilines is 4. The zero-order valence-electron chi connectivity index (χ0n) is 44.7. The number of morpholine rings is 1. The second kappa shape index (κ2) is 30.1. The highest BCUT2D eigenvalue weighted by molar-refractivity contribution is 6.13. The van der Waals surface area contributed by atoms with Crippen molar-refractivity contribution < 1.29 is 62.1 Å². The molecule has 0 radical (unpaired) electrons. The predicted octanol–water partition coefficient (Wildman–Crippen LogP) is 2.94. The van der Waals surface area contributed by atoms with Crippen LogP contribution in [0.4, 0.5) is 32.5 Å². The lowest BCUT2D eigenvalue weighted by Crippen LogP contribution is -2.54. The number of carbonyl (C=O) groups is 9. The Morgan fingerprint density at radius 1 is 0.800 bits per heavy atom. The summed E-state index contributed by atoms with van der Waals surface area (Å²) in [6.07, 6.45) is 8.15. The van der Waals surface area contributed by atoms with Crippen molar-refractivity contribution in [1.82, 2.24) is 41.1 Å². The van der Waals surface area contributed by atoms with E-state index in [0.717, 1.165) is 10.6 Å². The van der Waals surface area contributed by atoms with Crippen molar-refractivity contribution in [1.29, 1.82) is 0 Å². The first-order chi connectivity index (χ1) is 38.5. The second-order valence-corrected chi connectivity index (χ2v) is 18.8. The molecule has 426 valence electrons. The van der Waals surface area contributed by atoms with Gasteiger partial charge in [-0.15, -0.1) is 0 Å². The number of nitrogens with two attached hydrogens (primary N) is 2. The minimum atomic E-state index is -1.13. The van der Waals surface area contributed by atoms with Gasteiger partial charge in [0.15, 0.2) is 11.5 Å². The molecule has 3 atom stereocenters. The Morgan fingerprint density at radius 3 is 2.21 bits per heavy atom. The van der Waals surface area contributed by atoms with E-state index in [1.807, 2.05) is 6.07 Å². The molecule has 4 aromatic rings. The van der Waals surface area contributed by atoms with Crippen molar-refractivity contribution in [2.75, 3.05) is 74.4 Å². The van der Waals surface area contributed by atoms with E-state index in [0.29, 0.717) is 79.5 Å². The fourth-order valence-electron chi connectivity index (χ4n) is 8.32. The van der Waals surface area contributed by atoms with Crippen LogP contribution in [0.5, 0.6) is 5.75 Å². The highest BCUT2D eigenvalue weighted by Crippen LogP contribution is 2.27. The van der Waals surface area contributed by atoms with E-state index < -0.39 is 53.9 Å². The molecular formula is C54H67N13O13. The number of pyridine rings is 1. The number of amides is 9. The van der Waals surface area contributed by atoms with Gasteiger partial charge in [0.05, 0.1) is 56.4 Å². The molecule has 0 aliphatic carbocycles. The number of nitrogens with zero attached hydrogens (tertiary/aromatic N) is 5. The minimum Gasteiger partial charge on any atom is -0.494 e. The smallest absolute Gasteiger partial charge is 0.408 e. The third kappa shape index (κ3) is 18.2. The number of nitrogens with one attached hydrogen (secondary N) is 6. The van der Waals surface area contributed by atoms with Gasteiger partial charge in [0.1, 0.15) is 30.5 Å². The molecule has 2 aromatic carbocycles. The van der Waals surface area contributed by atoms with Crippen LogP contribution >= 0.6 is 0 Å². The number of hydrogen-bond donors (Lipinski definition) is 8. The van der Waals surface area contributed by atoms with Crippen LogP contribution in [-0.2, 0) is 49.6 Å². The maximum Gasteiger partial charge on any atom is 0.408 e. The van der Waals surface area contributed by atoms with Crippen LogP contribution in [0.15, 0.2) is 85.3 Å². The Hall–Kier alpha value is -9.20. The number of benzene rings is 2. The van der Waals surface area contributed by atoms with Crippen LogP contribution in [-0.4, -0.2) is 145 Å². The molecule has 2 aliphatic rings. The fraction of sp³-hybridized carbons (Fsp3) is 0.407. The molecule has 6 rings (SSSR count). The summed E-state index contributed by atoms with van der Waals surface area (Å²) in [6, 6.07) is 10.9. The van der Waals surface area contributed by atoms with Gasteiger partial charge in [-0.05, 0) is 79.6 Å². The molecule has 4 heterocycles. The summed E-state index contributed by atoms with van der Waals surface area (Å²) >= 11 is 0. The van der Waals surface area contributed by atoms with E-state index in [2.05, 4.69) is 51.8 Å². The molecule has 1 unspecified atom stereocenters. The number of nitrogen functional groups attached to an aromatic ring is 1. The highest BCUT2D eigenvalue weighted by atomic mass is 16.6. The Morgan fingerprint density at radius 2 is 1.52 bits per heavy atom. The van der Waals surface area contributed by atoms with Gasteiger partial charge in [-0.2, -0.15) is 0 Å². The summed E-state index contributed by atoms with van der Waals surface area (Å²) in [5.41, 5.74) is 14.4. The van der Waals surface area contributed by atoms with E-state index in [4.69, 9.17) is 30.4 Å². The Bertz CT molecular complexity index is 2840. The molecule has 1 fully saturated rings. The normalized spacial score (nSPS) is 14.1. The van der Waals surface area contributed by atoms with E-state index in [1.54, 1.807) is 74.8 Å². The van der Waals surface area contributed by atoms with Gasteiger partial charge in [0.25, 0.3) is 17.7 Å². The fourth-order valence-corrected chi connectivity index (χ4v) is 8.32. The number of aromatic nitrogens is 3. The number of urea groups is 1. The zero-order valence-corrected chi connectivity index (χ0v) is 44.7. The van der Waals surface area contributed by atoms with Gasteiger partial charge in [-0.1, -0.05) is 32.4 Å². The van der Waals surface area contributed by atoms with Gasteiger partial charge in [0, 0.05) is 68.6 Å². The van der Waals surface area contributed by atoms with Crippen molar-refractivity contribution in [2.24, 2.45) is 11.7 Å². The molecule has 0 bridgehead atoms. The molecule has 2 aliphatic heterocycles. The third-order valence-electron chi connectivity index (χ3n) is 12.7. The number of rotatable bonds is 28. The van der Waals surface area contributed by atoms with Crippen LogP contribution in [0.25, 0.3) is 11.3 Å². The summed E-state index contributed by atoms with van der Waals surface area (Å²) in [7, 11) is 1.18. The van der Waals surface area contributed by atoms with Gasteiger partial charge >= 0.3 is 18.1 Å². The van der Waals surface area contributed by atoms with E-state index in [-0.39, 0.29) is 87.1 Å². The van der Waals surface area contributed by atoms with E-state index in [9.17, 15) is 43.2 Å². The summed E-state index contributed by atoms with van der Waals surface area (Å²) in [4.78, 5) is 130. The van der Waals surface area contributed by atoms with Gasteiger partial charge < -0.3 is 67.2 Å². The van der Waals surface area contributed by atoms with E-state index in [1.165, 1.54) is 25.5 Å². The van der Waals surface area contributed by atoms with Gasteiger partial charge in [-0.25, -0.2) is 24.4 Å². The van der Waals surface area contributed by atoms with Crippen molar-refractivity contribution >= 4 is 76.4 Å². The standard InChI is InChI=1S/C54H67N13O13/c1-33(2)46(65-43(68)9-5-4-6-24-67-44(69)18-19-45(67)70)50(72)62-38(8-7-22-58-53(56)75)49(71)60-36-14-10-34(11-15-36)32-80-54(76)64-39(52(74)77-3)21-27-79-37-16-12-35(13-17-37)40-31-59-48(55)47(61-40)51(73)63-41-30-57-23-20-42(41)66-25-28-78-29-26-66/h10-20,23,30-31,33,38-39,46H,4-9,21-22,24-29,32H2,1-3H3,(H2,55,59)(H,60,71)(H,62,72)(H,63,73)(H,64,76)(H,65,68)(H3,56,58,75)/t38-,39+,46?/m0/s1. The summed E-state index contributed by atoms with van der Waals surface area (Å²) in [5, 5.41) is 16.1. The third-order valence-corrected chi connectivity index (χ3v) is 12.7. The number of methoxy groups -OCH3 is 1. The van der Waals surface area contributed by atoms with E-state index >= 15 is 0 Å². The van der Waals surface area contributed by atoms with Crippen molar-refractivity contribution in [2.45, 2.75) is 83.5 Å². The quantitative estimate of drug-likeness (QED) is 0.0230. The maximum absolute atomic E-state index is 13.6. The Labute approximate surface area is 461 Å². The lowest BCUT2D eigenvalue weighted by atomic mass is 10.0. The Kier molecular flexibility index (Phi) is 22.6. The van der Waals surface area contributed by atoms with Crippen LogP contribution in [0.3, 0.4) is 0 Å². The van der Waals surface area contributed by atoms with Crippen molar-refractivity contribution in [3.05, 3.63) is 96.6 Å². The average molecular weight is 1110 g/mol. The Balaban J connectivity index is 0.953. The lowest BCUT2D eigenvalue weighted by Gasteiger charge is -2.30. The first-order valence-corrected chi connectivity index (χ1v) is 26.0. The zero-order chi connectivity index (χ0) is 57.6. The van der Waals surface area contributed by atoms with Crippen molar-refractivity contribution in [3.8, 4) is 17.0 Å². The van der Waals surface area contributed by atoms with Crippen LogP contribution in [0.2, 0.25) is 0 Å². The number of alkyl carbamates (subject to hydrolysis) is 1. The van der Waals surface area contributed by atoms with Gasteiger partial charge in [0.2, 0.25) is 17.7 Å².